The monoisotopic (exact) mass is 463 g/mol. The molecule has 1 aliphatic rings. The predicted molar refractivity (Wildman–Crippen MR) is 111 cm³/mol. The molecule has 1 saturated heterocycles. The van der Waals surface area contributed by atoms with Crippen LogP contribution in [0.4, 0.5) is 10.1 Å². The summed E-state index contributed by atoms with van der Waals surface area (Å²) in [5.41, 5.74) is 0.622. The maximum Gasteiger partial charge on any atom is 0.338 e. The van der Waals surface area contributed by atoms with E-state index in [4.69, 9.17) is 11.6 Å². The van der Waals surface area contributed by atoms with Crippen LogP contribution in [0.3, 0.4) is 0 Å². The van der Waals surface area contributed by atoms with Gasteiger partial charge in [0, 0.05) is 23.0 Å². The van der Waals surface area contributed by atoms with E-state index in [1.165, 1.54) is 37.6 Å². The summed E-state index contributed by atoms with van der Waals surface area (Å²) >= 11 is 6.98. The van der Waals surface area contributed by atoms with Gasteiger partial charge < -0.3 is 10.1 Å². The van der Waals surface area contributed by atoms with Crippen LogP contribution in [0.15, 0.2) is 29.6 Å². The van der Waals surface area contributed by atoms with Crippen LogP contribution >= 0.6 is 33.9 Å². The molecular weight excluding hydrogens is 445 g/mol. The third-order valence-corrected chi connectivity index (χ3v) is 7.47. The highest BCUT2D eigenvalue weighted by molar-refractivity contribution is 8.20. The number of nitrogens with zero attached hydrogens (tertiary/aromatic N) is 1. The number of rotatable bonds is 4. The highest BCUT2D eigenvalue weighted by Crippen LogP contribution is 2.48. The van der Waals surface area contributed by atoms with Crippen LogP contribution in [0.2, 0.25) is 5.02 Å². The number of halogens is 2. The number of benzene rings is 1. The van der Waals surface area contributed by atoms with Gasteiger partial charge in [-0.25, -0.2) is 9.18 Å². The van der Waals surface area contributed by atoms with Crippen molar-refractivity contribution in [1.29, 1.82) is 0 Å². The lowest BCUT2D eigenvalue weighted by Crippen LogP contribution is -2.53. The lowest BCUT2D eigenvalue weighted by Gasteiger charge is -2.50. The van der Waals surface area contributed by atoms with E-state index in [1.807, 2.05) is 0 Å². The van der Waals surface area contributed by atoms with Crippen molar-refractivity contribution in [2.24, 2.45) is 0 Å². The van der Waals surface area contributed by atoms with Gasteiger partial charge in [0.25, 0.3) is 0 Å². The fourth-order valence-corrected chi connectivity index (χ4v) is 5.38. The quantitative estimate of drug-likeness (QED) is 0.509. The van der Waals surface area contributed by atoms with Gasteiger partial charge in [0.15, 0.2) is 0 Å². The molecule has 1 fully saturated rings. The van der Waals surface area contributed by atoms with E-state index >= 15 is 0 Å². The van der Waals surface area contributed by atoms with Crippen molar-refractivity contribution in [3.63, 3.8) is 0 Å². The van der Waals surface area contributed by atoms with E-state index in [1.54, 1.807) is 11.4 Å². The first kappa shape index (κ1) is 22.0. The van der Waals surface area contributed by atoms with Gasteiger partial charge in [0.2, 0.25) is 5.91 Å². The van der Waals surface area contributed by atoms with Crippen molar-refractivity contribution in [3.8, 4) is 0 Å². The van der Waals surface area contributed by atoms with Crippen LogP contribution in [0.1, 0.15) is 27.7 Å². The van der Waals surface area contributed by atoms with Gasteiger partial charge in [-0.05, 0) is 30.7 Å². The first-order valence-corrected chi connectivity index (χ1v) is 11.1. The number of hydrogen-bond acceptors (Lipinski definition) is 8. The molecule has 2 aromatic rings. The van der Waals surface area contributed by atoms with Gasteiger partial charge >= 0.3 is 5.97 Å². The van der Waals surface area contributed by atoms with Gasteiger partial charge in [0.05, 0.1) is 23.7 Å². The summed E-state index contributed by atoms with van der Waals surface area (Å²) in [6.07, 6.45) is 0.203. The fraction of sp³-hybridized carbons (Fsp3) is 0.294. The Morgan fingerprint density at radius 1 is 1.41 bits per heavy atom. The number of carbonyl (C=O) groups is 2. The number of amides is 1. The molecule has 4 N–H and O–H groups in total. The van der Waals surface area contributed by atoms with Crippen molar-refractivity contribution in [2.75, 3.05) is 19.5 Å². The average molecular weight is 464 g/mol. The second kappa shape index (κ2) is 8.56. The average Bonchev–Trinajstić information content (AvgIpc) is 3.16. The Kier molecular flexibility index (Phi) is 6.48. The largest absolute Gasteiger partial charge is 0.465 e. The molecule has 158 valence electrons. The molecule has 8 nitrogen and oxygen atoms in total. The number of likely N-dealkylation sites (N-methyl/N-ethyl adjacent to an activating group) is 1. The topological polar surface area (TPSA) is 111 Å². The number of esters is 1. The van der Waals surface area contributed by atoms with E-state index in [2.05, 4.69) is 14.8 Å². The van der Waals surface area contributed by atoms with Crippen molar-refractivity contribution < 1.29 is 27.8 Å². The minimum atomic E-state index is -3.45. The zero-order chi connectivity index (χ0) is 21.3. The highest BCUT2D eigenvalue weighted by Gasteiger charge is 2.41. The summed E-state index contributed by atoms with van der Waals surface area (Å²) in [6.45, 7) is 0. The van der Waals surface area contributed by atoms with Gasteiger partial charge in [-0.2, -0.15) is 9.03 Å². The first-order chi connectivity index (χ1) is 13.6. The number of thiophene rings is 1. The van der Waals surface area contributed by atoms with E-state index in [-0.39, 0.29) is 17.1 Å². The van der Waals surface area contributed by atoms with E-state index in [0.29, 0.717) is 10.4 Å². The molecule has 1 aromatic carbocycles. The van der Waals surface area contributed by atoms with Crippen molar-refractivity contribution in [1.82, 2.24) is 9.03 Å². The Labute approximate surface area is 177 Å². The molecule has 0 aliphatic carbocycles. The van der Waals surface area contributed by atoms with Crippen LogP contribution in [-0.4, -0.2) is 45.5 Å². The Hall–Kier alpha value is -1.73. The first-order valence-electron chi connectivity index (χ1n) is 8.33. The molecule has 1 amide bonds. The van der Waals surface area contributed by atoms with Crippen molar-refractivity contribution in [3.05, 3.63) is 50.9 Å². The normalized spacial score (nSPS) is 22.7. The summed E-state index contributed by atoms with van der Waals surface area (Å²) in [5.74, 6) is -1.63. The number of nitrogens with one attached hydrogen (secondary N) is 2. The molecule has 2 atom stereocenters. The second-order valence-electron chi connectivity index (χ2n) is 6.33. The van der Waals surface area contributed by atoms with E-state index in [9.17, 15) is 23.1 Å². The smallest absolute Gasteiger partial charge is 0.338 e. The Balaban J connectivity index is 1.81. The van der Waals surface area contributed by atoms with Gasteiger partial charge in [-0.3, -0.25) is 13.9 Å². The van der Waals surface area contributed by atoms with Crippen molar-refractivity contribution in [2.45, 2.75) is 18.5 Å². The number of anilines is 1. The molecular formula is C17H19ClFN3O5S2. The van der Waals surface area contributed by atoms with E-state index < -0.39 is 40.7 Å². The van der Waals surface area contributed by atoms with Crippen LogP contribution in [-0.2, 0) is 9.53 Å². The maximum atomic E-state index is 13.3. The molecule has 2 unspecified atom stereocenters. The molecule has 3 rings (SSSR count). The van der Waals surface area contributed by atoms with E-state index in [0.717, 1.165) is 10.4 Å². The summed E-state index contributed by atoms with van der Waals surface area (Å²) in [4.78, 5) is 25.1. The molecule has 2 heterocycles. The molecule has 1 aliphatic heterocycles. The minimum Gasteiger partial charge on any atom is -0.465 e. The standard InChI is InChI=1S/C17H19ClFN3O5S2/c1-22-14(16(23)20-10-3-4-12(19)11(18)6-10)7-13(21-29(22,25)26)15-5-9(8-28-15)17(24)27-2/h3-6,8,13-14,21,25-26H,7H2,1-2H3,(H,20,23). The summed E-state index contributed by atoms with van der Waals surface area (Å²) in [6, 6.07) is 3.86. The third kappa shape index (κ3) is 4.72. The SMILES string of the molecule is COC(=O)c1csc(C2CC(C(=O)Nc3ccc(F)c(Cl)c3)N(C)S(O)(O)N2)c1. The predicted octanol–water partition coefficient (Wildman–Crippen LogP) is 3.88. The fourth-order valence-electron chi connectivity index (χ4n) is 2.88. The summed E-state index contributed by atoms with van der Waals surface area (Å²) in [7, 11) is -0.768. The third-order valence-electron chi connectivity index (χ3n) is 4.47. The summed E-state index contributed by atoms with van der Waals surface area (Å²) < 4.78 is 42.7. The van der Waals surface area contributed by atoms with Gasteiger partial charge in [-0.15, -0.1) is 11.3 Å². The van der Waals surface area contributed by atoms with Crippen LogP contribution in [0, 0.1) is 5.82 Å². The molecule has 0 bridgehead atoms. The van der Waals surface area contributed by atoms with Crippen LogP contribution in [0.5, 0.6) is 0 Å². The lowest BCUT2D eigenvalue weighted by molar-refractivity contribution is -0.120. The Bertz CT molecular complexity index is 942. The van der Waals surface area contributed by atoms with Crippen LogP contribution < -0.4 is 10.0 Å². The number of methoxy groups -OCH3 is 1. The maximum absolute atomic E-state index is 13.3. The number of hydrogen-bond donors (Lipinski definition) is 4. The highest BCUT2D eigenvalue weighted by atomic mass is 35.5. The number of ether oxygens (including phenoxy) is 1. The lowest BCUT2D eigenvalue weighted by atomic mass is 10.0. The second-order valence-corrected chi connectivity index (χ2v) is 9.53. The Morgan fingerprint density at radius 2 is 2.14 bits per heavy atom. The van der Waals surface area contributed by atoms with Gasteiger partial charge in [0.1, 0.15) is 11.9 Å². The Morgan fingerprint density at radius 3 is 2.79 bits per heavy atom. The van der Waals surface area contributed by atoms with Crippen molar-refractivity contribution >= 4 is 51.5 Å². The molecule has 12 heteroatoms. The minimum absolute atomic E-state index is 0.141. The zero-order valence-corrected chi connectivity index (χ0v) is 17.8. The molecule has 1 aromatic heterocycles. The molecule has 0 saturated carbocycles. The number of carbonyl (C=O) groups excluding carboxylic acids is 2. The molecule has 29 heavy (non-hydrogen) atoms. The van der Waals surface area contributed by atoms with Gasteiger partial charge in [-0.1, -0.05) is 22.6 Å². The molecule has 0 spiro atoms. The summed E-state index contributed by atoms with van der Waals surface area (Å²) in [5, 5.41) is 4.07. The molecule has 0 radical (unpaired) electrons. The zero-order valence-electron chi connectivity index (χ0n) is 15.4. The van der Waals surface area contributed by atoms with Crippen LogP contribution in [0.25, 0.3) is 0 Å².